The van der Waals surface area contributed by atoms with E-state index in [1.165, 1.54) is 68.5 Å². The van der Waals surface area contributed by atoms with Crippen molar-refractivity contribution >= 4 is 24.1 Å². The molecule has 0 radical (unpaired) electrons. The van der Waals surface area contributed by atoms with Crippen LogP contribution in [0.5, 0.6) is 5.75 Å². The van der Waals surface area contributed by atoms with Crippen LogP contribution in [0.1, 0.15) is 75.5 Å². The Morgan fingerprint density at radius 3 is 2.91 bits per heavy atom. The zero-order chi connectivity index (χ0) is 22.2. The number of guanidine groups is 2. The molecule has 1 saturated heterocycles. The average Bonchev–Trinajstić information content (AvgIpc) is 2.83. The first-order chi connectivity index (χ1) is 15.8. The van der Waals surface area contributed by atoms with Crippen LogP contribution < -0.4 is 15.8 Å². The summed E-state index contributed by atoms with van der Waals surface area (Å²) in [5, 5.41) is 3.42. The summed E-state index contributed by atoms with van der Waals surface area (Å²) >= 11 is 1.38. The Bertz CT molecular complexity index is 808. The first-order valence-corrected chi connectivity index (χ1v) is 13.1. The molecule has 1 atom stereocenters. The number of likely N-dealkylation sites (tertiary alicyclic amines) is 1. The predicted molar refractivity (Wildman–Crippen MR) is 134 cm³/mol. The van der Waals surface area contributed by atoms with Gasteiger partial charge in [-0.05, 0) is 75.2 Å². The van der Waals surface area contributed by atoms with Crippen LogP contribution in [-0.4, -0.2) is 53.9 Å². The number of rotatable bonds is 9. The number of ether oxygens (including phenoxy) is 1. The molecule has 0 aromatic heterocycles. The van der Waals surface area contributed by atoms with Gasteiger partial charge in [-0.3, -0.25) is 9.21 Å². The maximum Gasteiger partial charge on any atom is 0.231 e. The van der Waals surface area contributed by atoms with E-state index in [1.807, 2.05) is 0 Å². The van der Waals surface area contributed by atoms with Crippen molar-refractivity contribution in [1.82, 2.24) is 14.5 Å². The van der Waals surface area contributed by atoms with Crippen molar-refractivity contribution in [1.29, 1.82) is 0 Å². The summed E-state index contributed by atoms with van der Waals surface area (Å²) in [5.41, 5.74) is 8.74. The van der Waals surface area contributed by atoms with Crippen LogP contribution >= 0.6 is 12.1 Å². The Morgan fingerprint density at radius 1 is 1.19 bits per heavy atom. The van der Waals surface area contributed by atoms with E-state index in [2.05, 4.69) is 49.0 Å². The molecule has 0 amide bonds. The number of benzene rings is 1. The van der Waals surface area contributed by atoms with Crippen molar-refractivity contribution in [2.45, 2.75) is 70.8 Å². The predicted octanol–water partition coefficient (Wildman–Crippen LogP) is 4.26. The van der Waals surface area contributed by atoms with Gasteiger partial charge in [0.15, 0.2) is 0 Å². The third kappa shape index (κ3) is 5.90. The molecule has 2 heterocycles. The van der Waals surface area contributed by atoms with E-state index < -0.39 is 0 Å². The lowest BCUT2D eigenvalue weighted by Crippen LogP contribution is -2.41. The second kappa shape index (κ2) is 11.8. The van der Waals surface area contributed by atoms with Gasteiger partial charge in [0.1, 0.15) is 5.75 Å². The SMILES string of the molecule is CCCCN1SN=C(N)N=C1NCCCOc1cccc2c1CCCC2N1CCCCC1. The molecule has 4 rings (SSSR count). The Hall–Kier alpha value is -1.93. The highest BCUT2D eigenvalue weighted by Gasteiger charge is 2.28. The number of hydrogen-bond acceptors (Lipinski definition) is 8. The quantitative estimate of drug-likeness (QED) is 0.425. The van der Waals surface area contributed by atoms with Crippen LogP contribution in [0.4, 0.5) is 0 Å². The number of aliphatic imine (C=N–C) groups is 1. The second-order valence-electron chi connectivity index (χ2n) is 8.88. The van der Waals surface area contributed by atoms with E-state index in [0.717, 1.165) is 50.5 Å². The third-order valence-corrected chi connectivity index (χ3v) is 7.35. The lowest BCUT2D eigenvalue weighted by molar-refractivity contribution is 0.147. The van der Waals surface area contributed by atoms with Gasteiger partial charge in [-0.25, -0.2) is 0 Å². The van der Waals surface area contributed by atoms with Crippen LogP contribution in [0.15, 0.2) is 27.6 Å². The number of piperidine rings is 1. The minimum atomic E-state index is 0.320. The number of nitrogens with one attached hydrogen (secondary N) is 1. The van der Waals surface area contributed by atoms with Crippen LogP contribution in [0, 0.1) is 0 Å². The molecule has 32 heavy (non-hydrogen) atoms. The van der Waals surface area contributed by atoms with Crippen molar-refractivity contribution in [3.63, 3.8) is 0 Å². The van der Waals surface area contributed by atoms with Crippen LogP contribution in [-0.2, 0) is 6.42 Å². The zero-order valence-electron chi connectivity index (χ0n) is 19.4. The normalized spacial score (nSPS) is 21.5. The minimum absolute atomic E-state index is 0.320. The standard InChI is InChI=1S/C24H38N6OS/c1-2-3-17-30-24(27-23(25)28-32-30)26-14-9-18-31-22-13-8-10-19-20(22)11-7-12-21(19)29-15-5-4-6-16-29/h8,10,13,21H,2-7,9,11-12,14-18H2,1H3,(H3,25,26,27,28). The lowest BCUT2D eigenvalue weighted by Gasteiger charge is -2.38. The van der Waals surface area contributed by atoms with E-state index in [1.54, 1.807) is 0 Å². The number of hydrogen-bond donors (Lipinski definition) is 2. The maximum absolute atomic E-state index is 6.28. The minimum Gasteiger partial charge on any atom is -0.493 e. The van der Waals surface area contributed by atoms with Gasteiger partial charge in [0.25, 0.3) is 0 Å². The van der Waals surface area contributed by atoms with Gasteiger partial charge in [-0.2, -0.15) is 9.39 Å². The Labute approximate surface area is 197 Å². The van der Waals surface area contributed by atoms with Gasteiger partial charge in [-0.1, -0.05) is 31.9 Å². The molecule has 3 aliphatic rings. The molecular formula is C24H38N6OS. The number of unbranched alkanes of at least 4 members (excludes halogenated alkanes) is 1. The highest BCUT2D eigenvalue weighted by atomic mass is 32.2. The van der Waals surface area contributed by atoms with Gasteiger partial charge >= 0.3 is 0 Å². The van der Waals surface area contributed by atoms with Crippen molar-refractivity contribution < 1.29 is 4.74 Å². The largest absolute Gasteiger partial charge is 0.493 e. The summed E-state index contributed by atoms with van der Waals surface area (Å²) in [5.74, 6) is 2.20. The maximum atomic E-state index is 6.28. The van der Waals surface area contributed by atoms with Crippen molar-refractivity contribution in [3.8, 4) is 5.75 Å². The molecule has 1 aromatic carbocycles. The van der Waals surface area contributed by atoms with E-state index in [0.29, 0.717) is 18.6 Å². The summed E-state index contributed by atoms with van der Waals surface area (Å²) in [4.78, 5) is 7.08. The molecular weight excluding hydrogens is 420 g/mol. The molecule has 0 spiro atoms. The van der Waals surface area contributed by atoms with E-state index in [4.69, 9.17) is 10.5 Å². The number of nitrogens with zero attached hydrogens (tertiary/aromatic N) is 4. The van der Waals surface area contributed by atoms with E-state index in [-0.39, 0.29) is 0 Å². The van der Waals surface area contributed by atoms with Crippen molar-refractivity contribution in [2.75, 3.05) is 32.8 Å². The zero-order valence-corrected chi connectivity index (χ0v) is 20.2. The average molecular weight is 459 g/mol. The van der Waals surface area contributed by atoms with Crippen molar-refractivity contribution in [2.24, 2.45) is 15.1 Å². The molecule has 2 aliphatic heterocycles. The lowest BCUT2D eigenvalue weighted by atomic mass is 9.85. The first-order valence-electron chi connectivity index (χ1n) is 12.4. The monoisotopic (exact) mass is 458 g/mol. The molecule has 1 fully saturated rings. The fourth-order valence-corrected chi connectivity index (χ4v) is 5.50. The van der Waals surface area contributed by atoms with Crippen molar-refractivity contribution in [3.05, 3.63) is 29.3 Å². The molecule has 3 N–H and O–H groups in total. The molecule has 0 saturated carbocycles. The second-order valence-corrected chi connectivity index (χ2v) is 9.67. The summed E-state index contributed by atoms with van der Waals surface area (Å²) in [6.07, 6.45) is 10.9. The van der Waals surface area contributed by atoms with Gasteiger partial charge in [0.2, 0.25) is 11.9 Å². The smallest absolute Gasteiger partial charge is 0.231 e. The summed E-state index contributed by atoms with van der Waals surface area (Å²) < 4.78 is 12.5. The topological polar surface area (TPSA) is 78.5 Å². The highest BCUT2D eigenvalue weighted by Crippen LogP contribution is 2.39. The van der Waals surface area contributed by atoms with Crippen LogP contribution in [0.2, 0.25) is 0 Å². The summed E-state index contributed by atoms with van der Waals surface area (Å²) in [7, 11) is 0. The summed E-state index contributed by atoms with van der Waals surface area (Å²) in [6.45, 7) is 7.07. The van der Waals surface area contributed by atoms with Gasteiger partial charge in [0, 0.05) is 19.1 Å². The summed E-state index contributed by atoms with van der Waals surface area (Å²) in [6, 6.07) is 7.23. The Morgan fingerprint density at radius 2 is 2.06 bits per heavy atom. The van der Waals surface area contributed by atoms with Crippen LogP contribution in [0.3, 0.4) is 0 Å². The number of fused-ring (bicyclic) bond motifs is 1. The Balaban J connectivity index is 1.29. The fourth-order valence-electron chi connectivity index (χ4n) is 4.88. The molecule has 1 aromatic rings. The van der Waals surface area contributed by atoms with E-state index in [9.17, 15) is 0 Å². The highest BCUT2D eigenvalue weighted by molar-refractivity contribution is 7.96. The molecule has 8 heteroatoms. The van der Waals surface area contributed by atoms with Gasteiger partial charge in [0.05, 0.1) is 18.7 Å². The molecule has 0 bridgehead atoms. The number of nitrogens with two attached hydrogens (primary N) is 1. The Kier molecular flexibility index (Phi) is 8.56. The van der Waals surface area contributed by atoms with Crippen LogP contribution in [0.25, 0.3) is 0 Å². The van der Waals surface area contributed by atoms with E-state index >= 15 is 0 Å². The molecule has 1 unspecified atom stereocenters. The molecule has 176 valence electrons. The fraction of sp³-hybridized carbons (Fsp3) is 0.667. The first kappa shape index (κ1) is 23.2. The van der Waals surface area contributed by atoms with Gasteiger partial charge in [-0.15, -0.1) is 0 Å². The molecule has 1 aliphatic carbocycles. The third-order valence-electron chi connectivity index (χ3n) is 6.53. The molecule has 7 nitrogen and oxygen atoms in total. The van der Waals surface area contributed by atoms with Gasteiger partial charge < -0.3 is 15.8 Å².